The van der Waals surface area contributed by atoms with E-state index in [1.165, 1.54) is 23.1 Å². The lowest BCUT2D eigenvalue weighted by molar-refractivity contribution is -0.119. The Kier molecular flexibility index (Phi) is 6.47. The topological polar surface area (TPSA) is 92.8 Å². The van der Waals surface area contributed by atoms with Crippen LogP contribution in [0.3, 0.4) is 0 Å². The molecule has 0 bridgehead atoms. The second-order valence-electron chi connectivity index (χ2n) is 7.91. The molecule has 1 atom stereocenters. The zero-order valence-corrected chi connectivity index (χ0v) is 19.3. The van der Waals surface area contributed by atoms with Gasteiger partial charge in [-0.1, -0.05) is 48.0 Å². The summed E-state index contributed by atoms with van der Waals surface area (Å²) in [5, 5.41) is 3.10. The van der Waals surface area contributed by atoms with Crippen LogP contribution in [0, 0.1) is 6.92 Å². The van der Waals surface area contributed by atoms with Crippen LogP contribution in [0.5, 0.6) is 0 Å². The molecule has 3 amide bonds. The number of hydrogen-bond donors (Lipinski definition) is 1. The predicted molar refractivity (Wildman–Crippen MR) is 127 cm³/mol. The average molecular weight is 477 g/mol. The molecule has 3 aromatic rings. The highest BCUT2D eigenvalue weighted by molar-refractivity contribution is 6.31. The van der Waals surface area contributed by atoms with Crippen LogP contribution in [0.4, 0.5) is 5.69 Å². The molecule has 0 fully saturated rings. The summed E-state index contributed by atoms with van der Waals surface area (Å²) in [7, 11) is 0. The molecule has 0 spiro atoms. The number of carbonyl (C=O) groups is 4. The molecule has 3 aromatic carbocycles. The Labute approximate surface area is 201 Å². The minimum atomic E-state index is -0.782. The van der Waals surface area contributed by atoms with Crippen LogP contribution < -0.4 is 5.32 Å². The molecule has 7 nitrogen and oxygen atoms in total. The summed E-state index contributed by atoms with van der Waals surface area (Å²) in [6.45, 7) is 3.06. The van der Waals surface area contributed by atoms with Crippen molar-refractivity contribution in [2.45, 2.75) is 19.9 Å². The van der Waals surface area contributed by atoms with E-state index in [1.54, 1.807) is 25.1 Å². The SMILES string of the molecule is Cc1ccc(Cl)cc1NC(=O)COC(=O)c1ccc2c(c1)C(=O)N([C@H](C)c1ccccc1)C2=O. The number of anilines is 1. The number of hydrogen-bond acceptors (Lipinski definition) is 5. The van der Waals surface area contributed by atoms with Crippen LogP contribution in [-0.4, -0.2) is 35.2 Å². The minimum absolute atomic E-state index is 0.0702. The second kappa shape index (κ2) is 9.49. The third-order valence-electron chi connectivity index (χ3n) is 5.63. The summed E-state index contributed by atoms with van der Waals surface area (Å²) < 4.78 is 5.10. The molecular formula is C26H21ClN2O5. The van der Waals surface area contributed by atoms with Crippen molar-refractivity contribution in [1.82, 2.24) is 4.90 Å². The number of benzene rings is 3. The number of esters is 1. The van der Waals surface area contributed by atoms with E-state index in [0.717, 1.165) is 11.1 Å². The number of imide groups is 1. The Balaban J connectivity index is 1.44. The van der Waals surface area contributed by atoms with Crippen molar-refractivity contribution in [3.8, 4) is 0 Å². The molecule has 0 saturated heterocycles. The van der Waals surface area contributed by atoms with Gasteiger partial charge in [0.25, 0.3) is 17.7 Å². The highest BCUT2D eigenvalue weighted by Gasteiger charge is 2.39. The molecule has 8 heteroatoms. The van der Waals surface area contributed by atoms with Crippen LogP contribution in [0.15, 0.2) is 66.7 Å². The largest absolute Gasteiger partial charge is 0.452 e. The summed E-state index contributed by atoms with van der Waals surface area (Å²) in [6, 6.07) is 18.0. The predicted octanol–water partition coefficient (Wildman–Crippen LogP) is 4.80. The Morgan fingerprint density at radius 2 is 1.68 bits per heavy atom. The summed E-state index contributed by atoms with van der Waals surface area (Å²) in [5.74, 6) is -2.22. The zero-order chi connectivity index (χ0) is 24.4. The molecule has 1 aliphatic heterocycles. The van der Waals surface area contributed by atoms with Gasteiger partial charge in [-0.25, -0.2) is 4.79 Å². The molecule has 0 unspecified atom stereocenters. The average Bonchev–Trinajstić information content (AvgIpc) is 3.09. The first-order chi connectivity index (χ1) is 16.3. The van der Waals surface area contributed by atoms with Crippen molar-refractivity contribution in [3.05, 3.63) is 99.6 Å². The van der Waals surface area contributed by atoms with Crippen molar-refractivity contribution in [2.24, 2.45) is 0 Å². The molecule has 0 radical (unpaired) electrons. The fourth-order valence-corrected chi connectivity index (χ4v) is 3.92. The number of amides is 3. The summed E-state index contributed by atoms with van der Waals surface area (Å²) in [5.41, 5.74) is 2.56. The fourth-order valence-electron chi connectivity index (χ4n) is 3.75. The number of aryl methyl sites for hydroxylation is 1. The first kappa shape index (κ1) is 23.2. The lowest BCUT2D eigenvalue weighted by Crippen LogP contribution is -2.32. The monoisotopic (exact) mass is 476 g/mol. The van der Waals surface area contributed by atoms with Crippen LogP contribution in [0.25, 0.3) is 0 Å². The molecule has 34 heavy (non-hydrogen) atoms. The Morgan fingerprint density at radius 3 is 2.41 bits per heavy atom. The first-order valence-electron chi connectivity index (χ1n) is 10.6. The number of halogens is 1. The third-order valence-corrected chi connectivity index (χ3v) is 5.87. The Bertz CT molecular complexity index is 1310. The highest BCUT2D eigenvalue weighted by atomic mass is 35.5. The fraction of sp³-hybridized carbons (Fsp3) is 0.154. The standard InChI is InChI=1S/C26H21ClN2O5/c1-15-8-10-19(27)13-22(15)28-23(30)14-34-26(33)18-9-11-20-21(12-18)25(32)29(24(20)31)16(2)17-6-4-3-5-7-17/h3-13,16H,14H2,1-2H3,(H,28,30)/t16-/m1/s1. The van der Waals surface area contributed by atoms with E-state index in [0.29, 0.717) is 10.7 Å². The van der Waals surface area contributed by atoms with E-state index >= 15 is 0 Å². The maximum atomic E-state index is 13.0. The van der Waals surface area contributed by atoms with E-state index < -0.39 is 36.3 Å². The van der Waals surface area contributed by atoms with Gasteiger partial charge in [-0.15, -0.1) is 0 Å². The number of carbonyl (C=O) groups excluding carboxylic acids is 4. The minimum Gasteiger partial charge on any atom is -0.452 e. The van der Waals surface area contributed by atoms with E-state index in [1.807, 2.05) is 37.3 Å². The van der Waals surface area contributed by atoms with E-state index in [4.69, 9.17) is 16.3 Å². The molecule has 1 N–H and O–H groups in total. The van der Waals surface area contributed by atoms with Crippen LogP contribution in [0.1, 0.15) is 55.2 Å². The maximum absolute atomic E-state index is 13.0. The third kappa shape index (κ3) is 4.56. The van der Waals surface area contributed by atoms with Gasteiger partial charge in [0, 0.05) is 10.7 Å². The Morgan fingerprint density at radius 1 is 0.971 bits per heavy atom. The number of ether oxygens (including phenoxy) is 1. The smallest absolute Gasteiger partial charge is 0.338 e. The molecule has 1 heterocycles. The van der Waals surface area contributed by atoms with Gasteiger partial charge >= 0.3 is 5.97 Å². The molecule has 172 valence electrons. The second-order valence-corrected chi connectivity index (χ2v) is 8.35. The summed E-state index contributed by atoms with van der Waals surface area (Å²) in [4.78, 5) is 51.8. The number of fused-ring (bicyclic) bond motifs is 1. The number of rotatable bonds is 6. The van der Waals surface area contributed by atoms with Gasteiger partial charge in [-0.3, -0.25) is 19.3 Å². The molecule has 0 aromatic heterocycles. The quantitative estimate of drug-likeness (QED) is 0.407. The lowest BCUT2D eigenvalue weighted by Gasteiger charge is -2.22. The van der Waals surface area contributed by atoms with Crippen LogP contribution in [-0.2, 0) is 9.53 Å². The van der Waals surface area contributed by atoms with Crippen molar-refractivity contribution in [3.63, 3.8) is 0 Å². The molecule has 1 aliphatic rings. The number of nitrogens with one attached hydrogen (secondary N) is 1. The maximum Gasteiger partial charge on any atom is 0.338 e. The van der Waals surface area contributed by atoms with Gasteiger partial charge in [-0.05, 0) is 55.3 Å². The number of nitrogens with zero attached hydrogens (tertiary/aromatic N) is 1. The molecule has 4 rings (SSSR count). The van der Waals surface area contributed by atoms with Gasteiger partial charge in [0.2, 0.25) is 0 Å². The summed E-state index contributed by atoms with van der Waals surface area (Å²) >= 11 is 5.95. The van der Waals surface area contributed by atoms with Crippen molar-refractivity contribution >= 4 is 41.0 Å². The van der Waals surface area contributed by atoms with E-state index in [2.05, 4.69) is 5.32 Å². The van der Waals surface area contributed by atoms with Crippen molar-refractivity contribution < 1.29 is 23.9 Å². The zero-order valence-electron chi connectivity index (χ0n) is 18.5. The van der Waals surface area contributed by atoms with Crippen molar-refractivity contribution in [2.75, 3.05) is 11.9 Å². The van der Waals surface area contributed by atoms with Gasteiger partial charge in [-0.2, -0.15) is 0 Å². The van der Waals surface area contributed by atoms with Crippen molar-refractivity contribution in [1.29, 1.82) is 0 Å². The lowest BCUT2D eigenvalue weighted by atomic mass is 10.1. The highest BCUT2D eigenvalue weighted by Crippen LogP contribution is 2.31. The normalized spacial score (nSPS) is 13.4. The Hall–Kier alpha value is -3.97. The molecule has 0 aliphatic carbocycles. The van der Waals surface area contributed by atoms with E-state index in [9.17, 15) is 19.2 Å². The van der Waals surface area contributed by atoms with Crippen LogP contribution in [0.2, 0.25) is 5.02 Å². The molecular weight excluding hydrogens is 456 g/mol. The van der Waals surface area contributed by atoms with Gasteiger partial charge < -0.3 is 10.1 Å². The van der Waals surface area contributed by atoms with Gasteiger partial charge in [0.05, 0.1) is 22.7 Å². The van der Waals surface area contributed by atoms with Gasteiger partial charge in [0.1, 0.15) is 0 Å². The van der Waals surface area contributed by atoms with Crippen LogP contribution >= 0.6 is 11.6 Å². The summed E-state index contributed by atoms with van der Waals surface area (Å²) in [6.07, 6.45) is 0. The van der Waals surface area contributed by atoms with Gasteiger partial charge in [0.15, 0.2) is 6.61 Å². The van der Waals surface area contributed by atoms with E-state index in [-0.39, 0.29) is 16.7 Å². The molecule has 0 saturated carbocycles. The first-order valence-corrected chi connectivity index (χ1v) is 10.9.